The Labute approximate surface area is 206 Å². The zero-order valence-corrected chi connectivity index (χ0v) is 20.2. The van der Waals surface area contributed by atoms with Crippen molar-refractivity contribution in [2.75, 3.05) is 13.1 Å². The van der Waals surface area contributed by atoms with Crippen molar-refractivity contribution >= 4 is 17.5 Å². The summed E-state index contributed by atoms with van der Waals surface area (Å²) in [5.74, 6) is 0.756. The molecule has 5 rings (SSSR count). The molecule has 1 saturated heterocycles. The second-order valence-corrected chi connectivity index (χ2v) is 9.57. The molecule has 4 aromatic rings. The standard InChI is InChI=1S/C30H29ClN2O/c1-22-28(30(34)32-18-16-24(17-19-32)20-23-8-4-2-5-9-23)21-29(25-12-14-26(31)15-13-25)33(22)27-10-6-3-7-11-27/h2-15,21,24H,16-20H2,1H3. The Morgan fingerprint density at radius 1 is 0.882 bits per heavy atom. The van der Waals surface area contributed by atoms with E-state index in [-0.39, 0.29) is 5.91 Å². The van der Waals surface area contributed by atoms with Gasteiger partial charge in [-0.15, -0.1) is 0 Å². The quantitative estimate of drug-likeness (QED) is 0.304. The highest BCUT2D eigenvalue weighted by Crippen LogP contribution is 2.32. The van der Waals surface area contributed by atoms with Gasteiger partial charge in [-0.25, -0.2) is 0 Å². The van der Waals surface area contributed by atoms with Crippen LogP contribution in [-0.4, -0.2) is 28.5 Å². The highest BCUT2D eigenvalue weighted by atomic mass is 35.5. The van der Waals surface area contributed by atoms with E-state index in [4.69, 9.17) is 11.6 Å². The van der Waals surface area contributed by atoms with Gasteiger partial charge in [-0.1, -0.05) is 72.3 Å². The summed E-state index contributed by atoms with van der Waals surface area (Å²) in [4.78, 5) is 15.7. The Hall–Kier alpha value is -3.30. The lowest BCUT2D eigenvalue weighted by atomic mass is 9.90. The Morgan fingerprint density at radius 2 is 1.50 bits per heavy atom. The molecule has 34 heavy (non-hydrogen) atoms. The number of benzene rings is 3. The molecular weight excluding hydrogens is 440 g/mol. The van der Waals surface area contributed by atoms with E-state index in [2.05, 4.69) is 47.0 Å². The van der Waals surface area contributed by atoms with Gasteiger partial charge in [0.2, 0.25) is 0 Å². The molecule has 0 aliphatic carbocycles. The number of piperidine rings is 1. The minimum Gasteiger partial charge on any atom is -0.339 e. The number of rotatable bonds is 5. The van der Waals surface area contributed by atoms with E-state index in [1.165, 1.54) is 5.56 Å². The second kappa shape index (κ2) is 9.90. The van der Waals surface area contributed by atoms with Crippen LogP contribution in [0.2, 0.25) is 5.02 Å². The monoisotopic (exact) mass is 468 g/mol. The maximum absolute atomic E-state index is 13.7. The van der Waals surface area contributed by atoms with Crippen LogP contribution in [0.5, 0.6) is 0 Å². The van der Waals surface area contributed by atoms with Gasteiger partial charge in [0, 0.05) is 29.5 Å². The molecule has 4 heteroatoms. The first-order chi connectivity index (χ1) is 16.6. The van der Waals surface area contributed by atoms with Crippen molar-refractivity contribution in [3.8, 4) is 16.9 Å². The van der Waals surface area contributed by atoms with Crippen LogP contribution >= 0.6 is 11.6 Å². The van der Waals surface area contributed by atoms with Gasteiger partial charge in [0.1, 0.15) is 0 Å². The summed E-state index contributed by atoms with van der Waals surface area (Å²) in [7, 11) is 0. The number of hydrogen-bond acceptors (Lipinski definition) is 1. The van der Waals surface area contributed by atoms with E-state index >= 15 is 0 Å². The molecule has 0 atom stereocenters. The molecule has 0 radical (unpaired) electrons. The van der Waals surface area contributed by atoms with Gasteiger partial charge >= 0.3 is 0 Å². The topological polar surface area (TPSA) is 25.2 Å². The van der Waals surface area contributed by atoms with Crippen LogP contribution in [0.25, 0.3) is 16.9 Å². The number of carbonyl (C=O) groups excluding carboxylic acids is 1. The molecule has 0 spiro atoms. The zero-order valence-electron chi connectivity index (χ0n) is 19.5. The van der Waals surface area contributed by atoms with Crippen molar-refractivity contribution in [2.45, 2.75) is 26.2 Å². The summed E-state index contributed by atoms with van der Waals surface area (Å²) < 4.78 is 2.18. The van der Waals surface area contributed by atoms with E-state index in [1.54, 1.807) is 0 Å². The van der Waals surface area contributed by atoms with Crippen LogP contribution in [0.1, 0.15) is 34.5 Å². The van der Waals surface area contributed by atoms with Gasteiger partial charge < -0.3 is 9.47 Å². The maximum atomic E-state index is 13.7. The number of hydrogen-bond donors (Lipinski definition) is 0. The number of para-hydroxylation sites is 1. The van der Waals surface area contributed by atoms with Gasteiger partial charge in [-0.05, 0) is 73.6 Å². The minimum absolute atomic E-state index is 0.126. The zero-order chi connectivity index (χ0) is 23.5. The average molecular weight is 469 g/mol. The molecule has 0 N–H and O–H groups in total. The average Bonchev–Trinajstić information content (AvgIpc) is 3.22. The normalized spacial score (nSPS) is 14.4. The lowest BCUT2D eigenvalue weighted by molar-refractivity contribution is 0.0690. The fraction of sp³-hybridized carbons (Fsp3) is 0.233. The van der Waals surface area contributed by atoms with Crippen molar-refractivity contribution in [3.05, 3.63) is 113 Å². The van der Waals surface area contributed by atoms with Crippen molar-refractivity contribution in [3.63, 3.8) is 0 Å². The number of halogens is 1. The summed E-state index contributed by atoms with van der Waals surface area (Å²) in [6.07, 6.45) is 3.18. The van der Waals surface area contributed by atoms with Crippen LogP contribution < -0.4 is 0 Å². The van der Waals surface area contributed by atoms with Crippen molar-refractivity contribution in [2.24, 2.45) is 5.92 Å². The molecule has 0 saturated carbocycles. The SMILES string of the molecule is Cc1c(C(=O)N2CCC(Cc3ccccc3)CC2)cc(-c2ccc(Cl)cc2)n1-c1ccccc1. The van der Waals surface area contributed by atoms with E-state index in [9.17, 15) is 4.79 Å². The summed E-state index contributed by atoms with van der Waals surface area (Å²) in [5, 5.41) is 0.702. The molecule has 1 fully saturated rings. The first-order valence-electron chi connectivity index (χ1n) is 12.0. The van der Waals surface area contributed by atoms with Gasteiger partial charge in [-0.3, -0.25) is 4.79 Å². The van der Waals surface area contributed by atoms with Gasteiger partial charge in [0.15, 0.2) is 0 Å². The van der Waals surface area contributed by atoms with Gasteiger partial charge in [-0.2, -0.15) is 0 Å². The third kappa shape index (κ3) is 4.67. The predicted molar refractivity (Wildman–Crippen MR) is 140 cm³/mol. The first kappa shape index (κ1) is 22.5. The van der Waals surface area contributed by atoms with Crippen LogP contribution in [0, 0.1) is 12.8 Å². The number of amides is 1. The van der Waals surface area contributed by atoms with Crippen molar-refractivity contribution in [1.82, 2.24) is 9.47 Å². The van der Waals surface area contributed by atoms with Gasteiger partial charge in [0.05, 0.1) is 11.3 Å². The summed E-state index contributed by atoms with van der Waals surface area (Å²) in [5.41, 5.74) is 6.21. The number of likely N-dealkylation sites (tertiary alicyclic amines) is 1. The number of aromatic nitrogens is 1. The third-order valence-corrected chi connectivity index (χ3v) is 7.15. The molecule has 0 bridgehead atoms. The summed E-state index contributed by atoms with van der Waals surface area (Å²) in [6.45, 7) is 3.66. The Balaban J connectivity index is 1.40. The minimum atomic E-state index is 0.126. The second-order valence-electron chi connectivity index (χ2n) is 9.13. The van der Waals surface area contributed by atoms with E-state index in [1.807, 2.05) is 60.4 Å². The molecular formula is C30H29ClN2O. The molecule has 1 aliphatic heterocycles. The van der Waals surface area contributed by atoms with Crippen LogP contribution in [0.4, 0.5) is 0 Å². The number of carbonyl (C=O) groups is 1. The molecule has 1 aromatic heterocycles. The molecule has 1 aliphatic rings. The lowest BCUT2D eigenvalue weighted by Crippen LogP contribution is -2.39. The van der Waals surface area contributed by atoms with E-state index in [0.29, 0.717) is 10.9 Å². The Morgan fingerprint density at radius 3 is 2.15 bits per heavy atom. The summed E-state index contributed by atoms with van der Waals surface area (Å²) >= 11 is 6.14. The highest BCUT2D eigenvalue weighted by molar-refractivity contribution is 6.30. The Kier molecular flexibility index (Phi) is 6.55. The molecule has 0 unspecified atom stereocenters. The predicted octanol–water partition coefficient (Wildman–Crippen LogP) is 7.20. The van der Waals surface area contributed by atoms with E-state index < -0.39 is 0 Å². The van der Waals surface area contributed by atoms with Crippen LogP contribution in [-0.2, 0) is 6.42 Å². The number of nitrogens with zero attached hydrogens (tertiary/aromatic N) is 2. The third-order valence-electron chi connectivity index (χ3n) is 6.90. The molecule has 3 aromatic carbocycles. The smallest absolute Gasteiger partial charge is 0.255 e. The first-order valence-corrected chi connectivity index (χ1v) is 12.3. The fourth-order valence-corrected chi connectivity index (χ4v) is 5.15. The van der Waals surface area contributed by atoms with Crippen LogP contribution in [0.3, 0.4) is 0 Å². The lowest BCUT2D eigenvalue weighted by Gasteiger charge is -2.32. The highest BCUT2D eigenvalue weighted by Gasteiger charge is 2.27. The largest absolute Gasteiger partial charge is 0.339 e. The molecule has 1 amide bonds. The maximum Gasteiger partial charge on any atom is 0.255 e. The summed E-state index contributed by atoms with van der Waals surface area (Å²) in [6, 6.07) is 30.8. The fourth-order valence-electron chi connectivity index (χ4n) is 5.02. The van der Waals surface area contributed by atoms with E-state index in [0.717, 1.165) is 60.6 Å². The van der Waals surface area contributed by atoms with Crippen molar-refractivity contribution < 1.29 is 4.79 Å². The van der Waals surface area contributed by atoms with Gasteiger partial charge in [0.25, 0.3) is 5.91 Å². The van der Waals surface area contributed by atoms with Crippen molar-refractivity contribution in [1.29, 1.82) is 0 Å². The molecule has 3 nitrogen and oxygen atoms in total. The van der Waals surface area contributed by atoms with Crippen LogP contribution in [0.15, 0.2) is 91.0 Å². The molecule has 172 valence electrons. The Bertz CT molecular complexity index is 1250. The molecule has 2 heterocycles.